The van der Waals surface area contributed by atoms with Gasteiger partial charge in [-0.25, -0.2) is 0 Å². The number of allylic oxidation sites excluding steroid dienone is 1. The number of nitrogens with zero attached hydrogens (tertiary/aromatic N) is 1. The quantitative estimate of drug-likeness (QED) is 0.765. The molecule has 1 aromatic rings. The first-order chi connectivity index (χ1) is 8.26. The number of aryl methyl sites for hydroxylation is 2. The highest BCUT2D eigenvalue weighted by Gasteiger charge is 2.12. The molecular formula is C14H19N3. The van der Waals surface area contributed by atoms with E-state index in [-0.39, 0.29) is 0 Å². The van der Waals surface area contributed by atoms with E-state index in [1.54, 1.807) is 13.2 Å². The van der Waals surface area contributed by atoms with Gasteiger partial charge in [0.1, 0.15) is 0 Å². The number of nitrogens with two attached hydrogens (primary N) is 1. The van der Waals surface area contributed by atoms with Crippen molar-refractivity contribution in [1.29, 1.82) is 0 Å². The number of rotatable bonds is 2. The van der Waals surface area contributed by atoms with E-state index in [1.807, 2.05) is 6.21 Å². The Morgan fingerprint density at radius 2 is 2.29 bits per heavy atom. The lowest BCUT2D eigenvalue weighted by Crippen LogP contribution is -2.12. The highest BCUT2D eigenvalue weighted by molar-refractivity contribution is 6.10. The third kappa shape index (κ3) is 2.33. The molecule has 1 aromatic carbocycles. The molecule has 0 aliphatic carbocycles. The van der Waals surface area contributed by atoms with Crippen LogP contribution in [0.15, 0.2) is 23.3 Å². The zero-order valence-corrected chi connectivity index (χ0v) is 10.5. The van der Waals surface area contributed by atoms with Crippen LogP contribution >= 0.6 is 0 Å². The molecule has 0 aromatic heterocycles. The minimum absolute atomic E-state index is 0.985. The van der Waals surface area contributed by atoms with Crippen molar-refractivity contribution in [2.75, 3.05) is 18.9 Å². The van der Waals surface area contributed by atoms with Crippen LogP contribution in [-0.4, -0.2) is 19.8 Å². The van der Waals surface area contributed by atoms with Crippen molar-refractivity contribution in [3.8, 4) is 0 Å². The van der Waals surface area contributed by atoms with E-state index in [0.29, 0.717) is 0 Å². The van der Waals surface area contributed by atoms with E-state index >= 15 is 0 Å². The van der Waals surface area contributed by atoms with Crippen LogP contribution in [0.3, 0.4) is 0 Å². The van der Waals surface area contributed by atoms with E-state index in [0.717, 1.165) is 18.5 Å². The van der Waals surface area contributed by atoms with Gasteiger partial charge in [-0.2, -0.15) is 0 Å². The molecule has 0 spiro atoms. The summed E-state index contributed by atoms with van der Waals surface area (Å²) in [6.45, 7) is 3.18. The predicted octanol–water partition coefficient (Wildman–Crippen LogP) is 2.35. The number of hydrogen-bond acceptors (Lipinski definition) is 3. The summed E-state index contributed by atoms with van der Waals surface area (Å²) in [6.07, 6.45) is 5.76. The molecule has 17 heavy (non-hydrogen) atoms. The molecule has 0 fully saturated rings. The topological polar surface area (TPSA) is 50.4 Å². The van der Waals surface area contributed by atoms with Crippen molar-refractivity contribution in [3.63, 3.8) is 0 Å². The van der Waals surface area contributed by atoms with Gasteiger partial charge in [0, 0.05) is 37.3 Å². The summed E-state index contributed by atoms with van der Waals surface area (Å²) < 4.78 is 0. The Bertz CT molecular complexity index is 473. The Balaban J connectivity index is 2.47. The number of benzene rings is 1. The minimum atomic E-state index is 0.985. The molecule has 0 radical (unpaired) electrons. The molecule has 3 heteroatoms. The highest BCUT2D eigenvalue weighted by atomic mass is 14.9. The molecule has 2 rings (SSSR count). The lowest BCUT2D eigenvalue weighted by atomic mass is 9.94. The molecule has 3 nitrogen and oxygen atoms in total. The van der Waals surface area contributed by atoms with Crippen molar-refractivity contribution in [1.82, 2.24) is 0 Å². The van der Waals surface area contributed by atoms with Crippen LogP contribution in [-0.2, 0) is 6.42 Å². The largest absolute Gasteiger partial charge is 0.404 e. The second-order valence-electron chi connectivity index (χ2n) is 4.36. The Morgan fingerprint density at radius 1 is 1.47 bits per heavy atom. The third-order valence-electron chi connectivity index (χ3n) is 3.15. The van der Waals surface area contributed by atoms with Gasteiger partial charge >= 0.3 is 0 Å². The molecule has 0 atom stereocenters. The Kier molecular flexibility index (Phi) is 3.47. The van der Waals surface area contributed by atoms with Crippen molar-refractivity contribution in [3.05, 3.63) is 35.0 Å². The Hall–Kier alpha value is -1.77. The van der Waals surface area contributed by atoms with Gasteiger partial charge in [0.15, 0.2) is 0 Å². The molecule has 90 valence electrons. The van der Waals surface area contributed by atoms with Crippen LogP contribution in [0.25, 0.3) is 5.57 Å². The fourth-order valence-electron chi connectivity index (χ4n) is 2.28. The van der Waals surface area contributed by atoms with Crippen LogP contribution in [0.2, 0.25) is 0 Å². The maximum Gasteiger partial charge on any atom is 0.0375 e. The predicted molar refractivity (Wildman–Crippen MR) is 74.6 cm³/mol. The fourth-order valence-corrected chi connectivity index (χ4v) is 2.28. The summed E-state index contributed by atoms with van der Waals surface area (Å²) in [4.78, 5) is 4.05. The first-order valence-corrected chi connectivity index (χ1v) is 5.98. The summed E-state index contributed by atoms with van der Waals surface area (Å²) in [6, 6.07) is 4.44. The van der Waals surface area contributed by atoms with Crippen molar-refractivity contribution >= 4 is 17.5 Å². The zero-order valence-electron chi connectivity index (χ0n) is 10.5. The van der Waals surface area contributed by atoms with Crippen LogP contribution < -0.4 is 11.1 Å². The van der Waals surface area contributed by atoms with Crippen LogP contribution in [0, 0.1) is 6.92 Å². The average Bonchev–Trinajstić information content (AvgIpc) is 2.35. The van der Waals surface area contributed by atoms with Gasteiger partial charge < -0.3 is 11.1 Å². The molecule has 0 bridgehead atoms. The number of hydrogen-bond donors (Lipinski definition) is 2. The van der Waals surface area contributed by atoms with Gasteiger partial charge in [0.2, 0.25) is 0 Å². The van der Waals surface area contributed by atoms with Gasteiger partial charge in [0.05, 0.1) is 0 Å². The fraction of sp³-hybridized carbons (Fsp3) is 0.357. The smallest absolute Gasteiger partial charge is 0.0375 e. The summed E-state index contributed by atoms with van der Waals surface area (Å²) in [5, 5.41) is 3.44. The van der Waals surface area contributed by atoms with E-state index in [4.69, 9.17) is 5.73 Å². The van der Waals surface area contributed by atoms with Crippen molar-refractivity contribution in [2.24, 2.45) is 10.7 Å². The molecule has 1 heterocycles. The maximum atomic E-state index is 5.67. The molecule has 3 N–H and O–H groups in total. The second kappa shape index (κ2) is 5.04. The first kappa shape index (κ1) is 11.7. The van der Waals surface area contributed by atoms with E-state index in [2.05, 4.69) is 29.4 Å². The van der Waals surface area contributed by atoms with E-state index < -0.39 is 0 Å². The standard InChI is InChI=1S/C14H19N3/c1-10-6-14-11(4-3-5-17-14)7-13(10)12(8-15)9-16-2/h6-9,17H,3-5,15H2,1-2H3/b12-8+,16-9?. The SMILES string of the molecule is CN=C/C(=C\N)c1cc2c(cc1C)NCCC2. The van der Waals surface area contributed by atoms with Gasteiger partial charge in [-0.3, -0.25) is 4.99 Å². The first-order valence-electron chi connectivity index (χ1n) is 5.98. The number of fused-ring (bicyclic) bond motifs is 1. The summed E-state index contributed by atoms with van der Waals surface area (Å²) >= 11 is 0. The number of anilines is 1. The molecule has 1 aliphatic heterocycles. The lowest BCUT2D eigenvalue weighted by Gasteiger charge is -2.20. The summed E-state index contributed by atoms with van der Waals surface area (Å²) in [5.41, 5.74) is 11.7. The number of nitrogens with one attached hydrogen (secondary N) is 1. The Morgan fingerprint density at radius 3 is 3.00 bits per heavy atom. The van der Waals surface area contributed by atoms with Crippen molar-refractivity contribution in [2.45, 2.75) is 19.8 Å². The summed E-state index contributed by atoms with van der Waals surface area (Å²) in [7, 11) is 1.76. The summed E-state index contributed by atoms with van der Waals surface area (Å²) in [5.74, 6) is 0. The zero-order chi connectivity index (χ0) is 12.3. The van der Waals surface area contributed by atoms with E-state index in [9.17, 15) is 0 Å². The highest BCUT2D eigenvalue weighted by Crippen LogP contribution is 2.28. The molecule has 1 aliphatic rings. The van der Waals surface area contributed by atoms with Crippen LogP contribution in [0.4, 0.5) is 5.69 Å². The van der Waals surface area contributed by atoms with Gasteiger partial charge in [-0.1, -0.05) is 0 Å². The second-order valence-corrected chi connectivity index (χ2v) is 4.36. The van der Waals surface area contributed by atoms with Gasteiger partial charge in [0.25, 0.3) is 0 Å². The van der Waals surface area contributed by atoms with Crippen molar-refractivity contribution < 1.29 is 0 Å². The third-order valence-corrected chi connectivity index (χ3v) is 3.15. The molecule has 0 unspecified atom stereocenters. The van der Waals surface area contributed by atoms with E-state index in [1.165, 1.54) is 28.8 Å². The lowest BCUT2D eigenvalue weighted by molar-refractivity contribution is 0.829. The van der Waals surface area contributed by atoms with Crippen LogP contribution in [0.5, 0.6) is 0 Å². The molecule has 0 amide bonds. The number of aliphatic imine (C=N–C) groups is 1. The normalized spacial score (nSPS) is 15.8. The Labute approximate surface area is 102 Å². The van der Waals surface area contributed by atoms with Crippen LogP contribution in [0.1, 0.15) is 23.1 Å². The minimum Gasteiger partial charge on any atom is -0.404 e. The van der Waals surface area contributed by atoms with Gasteiger partial charge in [-0.05, 0) is 48.6 Å². The monoisotopic (exact) mass is 229 g/mol. The average molecular weight is 229 g/mol. The van der Waals surface area contributed by atoms with Gasteiger partial charge in [-0.15, -0.1) is 0 Å². The maximum absolute atomic E-state index is 5.67. The molecule has 0 saturated carbocycles. The molecule has 0 saturated heterocycles. The molecular weight excluding hydrogens is 210 g/mol.